The maximum Gasteiger partial charge on any atom is 0.314 e. The molecule has 2 N–H and O–H groups in total. The molecule has 0 amide bonds. The molecule has 0 radical (unpaired) electrons. The fourth-order valence-electron chi connectivity index (χ4n) is 2.88. The molecule has 4 heteroatoms. The first-order chi connectivity index (χ1) is 9.46. The van der Waals surface area contributed by atoms with Crippen LogP contribution in [0, 0.1) is 5.41 Å². The summed E-state index contributed by atoms with van der Waals surface area (Å²) in [5.41, 5.74) is 1.13. The van der Waals surface area contributed by atoms with Crippen molar-refractivity contribution in [3.05, 3.63) is 41.0 Å². The number of benzene rings is 1. The summed E-state index contributed by atoms with van der Waals surface area (Å²) >= 11 is 0. The number of rotatable bonds is 4. The molecule has 0 spiro atoms. The van der Waals surface area contributed by atoms with E-state index in [1.807, 2.05) is 19.1 Å². The van der Waals surface area contributed by atoms with E-state index >= 15 is 0 Å². The largest absolute Gasteiger partial charge is 0.481 e. The van der Waals surface area contributed by atoms with Gasteiger partial charge in [0.1, 0.15) is 11.3 Å². The Kier molecular flexibility index (Phi) is 3.66. The van der Waals surface area contributed by atoms with Crippen LogP contribution < -0.4 is 0 Å². The Balaban J connectivity index is 2.65. The van der Waals surface area contributed by atoms with Gasteiger partial charge in [0.25, 0.3) is 0 Å². The Morgan fingerprint density at radius 1 is 1.25 bits per heavy atom. The summed E-state index contributed by atoms with van der Waals surface area (Å²) in [7, 11) is 0. The number of aryl methyl sites for hydroxylation is 1. The van der Waals surface area contributed by atoms with Gasteiger partial charge in [-0.05, 0) is 29.5 Å². The lowest BCUT2D eigenvalue weighted by atomic mass is 9.66. The molecule has 0 bridgehead atoms. The van der Waals surface area contributed by atoms with Gasteiger partial charge in [0, 0.05) is 0 Å². The standard InChI is InChI=1S/C16H18O4/c1-3-10-5-6-12-11(9-10)7-8-16(4-2,15(19)20)13(12)14(17)18/h5-9,13H,3-4H2,1-2H3,(H,17,18)(H,19,20). The molecule has 0 saturated carbocycles. The van der Waals surface area contributed by atoms with Crippen molar-refractivity contribution in [2.45, 2.75) is 32.6 Å². The Labute approximate surface area is 117 Å². The molecular formula is C16H18O4. The van der Waals surface area contributed by atoms with Crippen LogP contribution >= 0.6 is 0 Å². The van der Waals surface area contributed by atoms with Gasteiger partial charge in [0.05, 0.1) is 0 Å². The number of hydrogen-bond acceptors (Lipinski definition) is 2. The zero-order valence-corrected chi connectivity index (χ0v) is 11.6. The Morgan fingerprint density at radius 3 is 2.45 bits per heavy atom. The molecule has 0 saturated heterocycles. The summed E-state index contributed by atoms with van der Waals surface area (Å²) in [6.45, 7) is 3.73. The third-order valence-corrected chi connectivity index (χ3v) is 4.18. The van der Waals surface area contributed by atoms with Crippen LogP contribution in [-0.2, 0) is 16.0 Å². The van der Waals surface area contributed by atoms with Crippen LogP contribution in [0.25, 0.3) is 6.08 Å². The summed E-state index contributed by atoms with van der Waals surface area (Å²) < 4.78 is 0. The fourth-order valence-corrected chi connectivity index (χ4v) is 2.88. The average molecular weight is 274 g/mol. The van der Waals surface area contributed by atoms with E-state index in [0.717, 1.165) is 17.5 Å². The molecule has 1 aliphatic rings. The first-order valence-electron chi connectivity index (χ1n) is 6.74. The van der Waals surface area contributed by atoms with Crippen molar-refractivity contribution in [3.8, 4) is 0 Å². The van der Waals surface area contributed by atoms with Crippen molar-refractivity contribution in [1.82, 2.24) is 0 Å². The Morgan fingerprint density at radius 2 is 1.95 bits per heavy atom. The van der Waals surface area contributed by atoms with E-state index in [1.165, 1.54) is 6.08 Å². The van der Waals surface area contributed by atoms with E-state index in [2.05, 4.69) is 0 Å². The van der Waals surface area contributed by atoms with Crippen LogP contribution in [0.3, 0.4) is 0 Å². The lowest BCUT2D eigenvalue weighted by Crippen LogP contribution is -2.40. The quantitative estimate of drug-likeness (QED) is 0.885. The molecule has 106 valence electrons. The summed E-state index contributed by atoms with van der Waals surface area (Å²) in [5, 5.41) is 19.0. The lowest BCUT2D eigenvalue weighted by Gasteiger charge is -2.35. The minimum atomic E-state index is -1.37. The smallest absolute Gasteiger partial charge is 0.314 e. The molecule has 0 aliphatic heterocycles. The van der Waals surface area contributed by atoms with E-state index in [1.54, 1.807) is 19.1 Å². The van der Waals surface area contributed by atoms with Crippen LogP contribution in [-0.4, -0.2) is 22.2 Å². The van der Waals surface area contributed by atoms with Crippen LogP contribution in [0.15, 0.2) is 24.3 Å². The van der Waals surface area contributed by atoms with E-state index in [0.29, 0.717) is 5.56 Å². The molecule has 2 rings (SSSR count). The third-order valence-electron chi connectivity index (χ3n) is 4.18. The zero-order chi connectivity index (χ0) is 14.9. The second-order valence-corrected chi connectivity index (χ2v) is 5.12. The molecule has 0 aromatic heterocycles. The second-order valence-electron chi connectivity index (χ2n) is 5.12. The summed E-state index contributed by atoms with van der Waals surface area (Å²) in [6, 6.07) is 5.56. The number of fused-ring (bicyclic) bond motifs is 1. The van der Waals surface area contributed by atoms with Crippen molar-refractivity contribution in [2.75, 3.05) is 0 Å². The van der Waals surface area contributed by atoms with Crippen LogP contribution in [0.5, 0.6) is 0 Å². The zero-order valence-electron chi connectivity index (χ0n) is 11.6. The van der Waals surface area contributed by atoms with Crippen molar-refractivity contribution >= 4 is 18.0 Å². The molecule has 20 heavy (non-hydrogen) atoms. The Hall–Kier alpha value is -2.10. The van der Waals surface area contributed by atoms with Gasteiger partial charge < -0.3 is 10.2 Å². The van der Waals surface area contributed by atoms with E-state index in [-0.39, 0.29) is 6.42 Å². The topological polar surface area (TPSA) is 74.6 Å². The normalized spacial score (nSPS) is 24.2. The maximum absolute atomic E-state index is 11.7. The average Bonchev–Trinajstić information content (AvgIpc) is 2.44. The van der Waals surface area contributed by atoms with Crippen LogP contribution in [0.4, 0.5) is 0 Å². The SMILES string of the molecule is CCc1ccc2c(c1)C=CC(CC)(C(=O)O)C2C(=O)O. The molecule has 0 heterocycles. The van der Waals surface area contributed by atoms with Gasteiger partial charge in [0.15, 0.2) is 0 Å². The maximum atomic E-state index is 11.7. The molecular weight excluding hydrogens is 256 g/mol. The predicted molar refractivity (Wildman–Crippen MR) is 75.6 cm³/mol. The monoisotopic (exact) mass is 274 g/mol. The highest BCUT2D eigenvalue weighted by atomic mass is 16.4. The summed E-state index contributed by atoms with van der Waals surface area (Å²) in [4.78, 5) is 23.3. The van der Waals surface area contributed by atoms with Gasteiger partial charge in [0.2, 0.25) is 0 Å². The van der Waals surface area contributed by atoms with Gasteiger partial charge in [-0.3, -0.25) is 9.59 Å². The number of carboxylic acid groups (broad SMARTS) is 2. The van der Waals surface area contributed by atoms with Crippen LogP contribution in [0.1, 0.15) is 42.9 Å². The van der Waals surface area contributed by atoms with Crippen molar-refractivity contribution < 1.29 is 19.8 Å². The molecule has 2 unspecified atom stereocenters. The molecule has 1 aromatic carbocycles. The first kappa shape index (κ1) is 14.3. The minimum absolute atomic E-state index is 0.241. The highest BCUT2D eigenvalue weighted by Gasteiger charge is 2.49. The van der Waals surface area contributed by atoms with E-state index < -0.39 is 23.3 Å². The van der Waals surface area contributed by atoms with Crippen molar-refractivity contribution in [2.24, 2.45) is 5.41 Å². The summed E-state index contributed by atoms with van der Waals surface area (Å²) in [6.07, 6.45) is 4.38. The van der Waals surface area contributed by atoms with Gasteiger partial charge in [-0.15, -0.1) is 0 Å². The van der Waals surface area contributed by atoms with Gasteiger partial charge in [-0.1, -0.05) is 44.2 Å². The molecule has 4 nitrogen and oxygen atoms in total. The second kappa shape index (κ2) is 5.12. The lowest BCUT2D eigenvalue weighted by molar-refractivity contribution is -0.155. The van der Waals surface area contributed by atoms with E-state index in [9.17, 15) is 19.8 Å². The first-order valence-corrected chi connectivity index (χ1v) is 6.74. The summed E-state index contributed by atoms with van der Waals surface area (Å²) in [5.74, 6) is -3.23. The minimum Gasteiger partial charge on any atom is -0.481 e. The number of hydrogen-bond donors (Lipinski definition) is 2. The Bertz CT molecular complexity index is 588. The van der Waals surface area contributed by atoms with Crippen molar-refractivity contribution in [3.63, 3.8) is 0 Å². The predicted octanol–water partition coefficient (Wildman–Crippen LogP) is 2.92. The van der Waals surface area contributed by atoms with Crippen LogP contribution in [0.2, 0.25) is 0 Å². The van der Waals surface area contributed by atoms with Gasteiger partial charge in [-0.25, -0.2) is 0 Å². The highest BCUT2D eigenvalue weighted by molar-refractivity contribution is 5.92. The van der Waals surface area contributed by atoms with Crippen molar-refractivity contribution in [1.29, 1.82) is 0 Å². The van der Waals surface area contributed by atoms with E-state index in [4.69, 9.17) is 0 Å². The highest BCUT2D eigenvalue weighted by Crippen LogP contribution is 2.46. The number of aliphatic carboxylic acids is 2. The third kappa shape index (κ3) is 2.01. The fraction of sp³-hybridized carbons (Fsp3) is 0.375. The number of carbonyl (C=O) groups is 2. The molecule has 0 fully saturated rings. The van der Waals surface area contributed by atoms with Gasteiger partial charge >= 0.3 is 11.9 Å². The number of carboxylic acids is 2. The molecule has 1 aromatic rings. The van der Waals surface area contributed by atoms with Gasteiger partial charge in [-0.2, -0.15) is 0 Å². The molecule has 2 atom stereocenters. The molecule has 1 aliphatic carbocycles.